The van der Waals surface area contributed by atoms with E-state index in [0.717, 1.165) is 118 Å². The predicted octanol–water partition coefficient (Wildman–Crippen LogP) is 29.5. The Kier molecular flexibility index (Phi) is 27.8. The highest BCUT2D eigenvalue weighted by Gasteiger charge is 2.44. The molecule has 0 bridgehead atoms. The van der Waals surface area contributed by atoms with Crippen molar-refractivity contribution in [3.05, 3.63) is 212 Å². The van der Waals surface area contributed by atoms with Crippen LogP contribution in [0.3, 0.4) is 0 Å². The summed E-state index contributed by atoms with van der Waals surface area (Å²) in [5.74, 6) is 4.12. The van der Waals surface area contributed by atoms with E-state index in [2.05, 4.69) is 243 Å². The van der Waals surface area contributed by atoms with Crippen molar-refractivity contribution in [3.8, 4) is 102 Å². The number of fused-ring (bicyclic) bond motifs is 6. The van der Waals surface area contributed by atoms with Gasteiger partial charge >= 0.3 is 0 Å². The van der Waals surface area contributed by atoms with Crippen LogP contribution >= 0.6 is 31.9 Å². The van der Waals surface area contributed by atoms with E-state index in [9.17, 15) is 0 Å². The van der Waals surface area contributed by atoms with Gasteiger partial charge in [0.2, 0.25) is 0 Å². The van der Waals surface area contributed by atoms with Gasteiger partial charge in [0.05, 0.1) is 0 Å². The van der Waals surface area contributed by atoms with Gasteiger partial charge in [-0.25, -0.2) is 29.9 Å². The number of hydrogen-bond acceptors (Lipinski definition) is 6. The van der Waals surface area contributed by atoms with E-state index in [0.29, 0.717) is 34.9 Å². The monoisotopic (exact) mass is 1510 g/mol. The van der Waals surface area contributed by atoms with Gasteiger partial charge in [-0.05, 0) is 155 Å². The Labute approximate surface area is 641 Å². The molecule has 0 saturated carbocycles. The lowest BCUT2D eigenvalue weighted by atomic mass is 9.70. The third-order valence-electron chi connectivity index (χ3n) is 22.9. The Morgan fingerprint density at radius 3 is 0.731 bits per heavy atom. The Bertz CT molecular complexity index is 4070. The fraction of sp³-hybridized carbons (Fsp3) is 0.438. The van der Waals surface area contributed by atoms with E-state index in [1.807, 2.05) is 0 Å². The molecule has 0 atom stereocenters. The third-order valence-corrected chi connectivity index (χ3v) is 23.9. The van der Waals surface area contributed by atoms with E-state index >= 15 is 0 Å². The molecule has 12 rings (SSSR count). The van der Waals surface area contributed by atoms with Crippen LogP contribution in [-0.2, 0) is 23.7 Å². The molecule has 0 N–H and O–H groups in total. The quantitative estimate of drug-likeness (QED) is 0.0355. The van der Waals surface area contributed by atoms with Gasteiger partial charge < -0.3 is 0 Å². The first-order valence-corrected chi connectivity index (χ1v) is 42.5. The number of nitrogens with zero attached hydrogens (tertiary/aromatic N) is 6. The van der Waals surface area contributed by atoms with Crippen LogP contribution in [0.5, 0.6) is 0 Å². The van der Waals surface area contributed by atoms with Crippen LogP contribution < -0.4 is 0 Å². The summed E-state index contributed by atoms with van der Waals surface area (Å²) in [5.41, 5.74) is 21.9. The minimum atomic E-state index is -0.0963. The van der Waals surface area contributed by atoms with Gasteiger partial charge in [-0.15, -0.1) is 0 Å². The molecule has 0 saturated heterocycles. The van der Waals surface area contributed by atoms with Gasteiger partial charge in [-0.3, -0.25) is 0 Å². The number of halogens is 2. The van der Waals surface area contributed by atoms with Gasteiger partial charge in [0.1, 0.15) is 0 Å². The van der Waals surface area contributed by atoms with Gasteiger partial charge in [0.15, 0.2) is 34.9 Å². The van der Waals surface area contributed by atoms with Crippen LogP contribution in [0.2, 0.25) is 0 Å². The lowest BCUT2D eigenvalue weighted by molar-refractivity contribution is 0.398. The van der Waals surface area contributed by atoms with Crippen LogP contribution in [0.15, 0.2) is 179 Å². The van der Waals surface area contributed by atoms with Crippen molar-refractivity contribution in [2.45, 2.75) is 271 Å². The molecule has 104 heavy (non-hydrogen) atoms. The summed E-state index contributed by atoms with van der Waals surface area (Å²) in [6, 6.07) is 63.8. The summed E-state index contributed by atoms with van der Waals surface area (Å²) in [5, 5.41) is 0. The Balaban J connectivity index is 0.883. The second-order valence-corrected chi connectivity index (χ2v) is 32.3. The van der Waals surface area contributed by atoms with Crippen molar-refractivity contribution in [2.24, 2.45) is 0 Å². The van der Waals surface area contributed by atoms with Crippen LogP contribution in [-0.4, -0.2) is 29.9 Å². The molecule has 0 fully saturated rings. The average Bonchev–Trinajstić information content (AvgIpc) is 1.59. The number of aryl methyl sites for hydroxylation is 2. The maximum absolute atomic E-state index is 5.46. The van der Waals surface area contributed by atoms with Gasteiger partial charge in [0, 0.05) is 53.2 Å². The van der Waals surface area contributed by atoms with E-state index in [4.69, 9.17) is 29.9 Å². The van der Waals surface area contributed by atoms with E-state index in [1.54, 1.807) is 0 Å². The molecular weight excluding hydrogens is 1400 g/mol. The summed E-state index contributed by atoms with van der Waals surface area (Å²) in [6.45, 7) is 13.8. The minimum Gasteiger partial charge on any atom is -0.208 e. The number of aromatic nitrogens is 6. The molecule has 8 aromatic carbocycles. The first-order chi connectivity index (χ1) is 51.1. The highest BCUT2D eigenvalue weighted by atomic mass is 79.9. The zero-order valence-electron chi connectivity index (χ0n) is 63.6. The Morgan fingerprint density at radius 2 is 0.442 bits per heavy atom. The lowest BCUT2D eigenvalue weighted by Gasteiger charge is -2.33. The average molecular weight is 1510 g/mol. The standard InChI is InChI=1S/C96H114Br2N6/c1-7-13-19-23-27-31-61-95(62-32-28-24-20-14-8-2)85-65-77(53-57-81(85)83-59-55-79(97)67-87(83)95)93-101-89(73-41-37-69(38-42-73)35-17-11-5)99-91(103-93)75-49-45-71(46-50-75)72-47-51-76(52-48-72)92-100-90(74-43-39-70(40-44-74)36-18-12-6)102-94(104-92)78-54-58-82-84-60-56-80(98)68-88(84)96(86(82)66-78,63-33-29-25-21-15-9-3)64-34-30-26-22-16-10-4/h37-60,65-68H,7-36,61-64H2,1-6H3. The van der Waals surface area contributed by atoms with E-state index < -0.39 is 0 Å². The lowest BCUT2D eigenvalue weighted by Crippen LogP contribution is -2.25. The van der Waals surface area contributed by atoms with Gasteiger partial charge in [-0.2, -0.15) is 0 Å². The fourth-order valence-electron chi connectivity index (χ4n) is 16.9. The zero-order chi connectivity index (χ0) is 72.1. The van der Waals surface area contributed by atoms with Crippen LogP contribution in [0.25, 0.3) is 102 Å². The molecule has 6 nitrogen and oxygen atoms in total. The highest BCUT2D eigenvalue weighted by molar-refractivity contribution is 9.10. The van der Waals surface area contributed by atoms with Crippen molar-refractivity contribution in [1.82, 2.24) is 29.9 Å². The Hall–Kier alpha value is -7.26. The maximum Gasteiger partial charge on any atom is 0.164 e. The first kappa shape index (κ1) is 76.4. The molecule has 8 heteroatoms. The molecule has 0 aliphatic heterocycles. The van der Waals surface area contributed by atoms with Crippen molar-refractivity contribution >= 4 is 31.9 Å². The normalized spacial score (nSPS) is 13.1. The van der Waals surface area contributed by atoms with Gasteiger partial charge in [-0.1, -0.05) is 374 Å². The second kappa shape index (κ2) is 37.8. The molecular formula is C96H114Br2N6. The van der Waals surface area contributed by atoms with Gasteiger partial charge in [0.25, 0.3) is 0 Å². The molecule has 2 aromatic heterocycles. The SMILES string of the molecule is CCCCCCCCC1(CCCCCCCC)c2cc(Br)ccc2-c2ccc(-c3nc(-c4ccc(CCCC)cc4)nc(-c4ccc(-c5ccc(-c6nc(-c7ccc(CCCC)cc7)nc(-c7ccc8c(c7)C(CCCCCCCC)(CCCCCCCC)c7cc(Br)ccc7-8)n6)cc5)cc4)n3)cc21. The van der Waals surface area contributed by atoms with Crippen molar-refractivity contribution in [2.75, 3.05) is 0 Å². The Morgan fingerprint density at radius 1 is 0.221 bits per heavy atom. The summed E-state index contributed by atoms with van der Waals surface area (Å²) in [6.07, 6.45) is 42.0. The minimum absolute atomic E-state index is 0.0963. The van der Waals surface area contributed by atoms with Crippen LogP contribution in [0, 0.1) is 0 Å². The molecule has 2 aliphatic carbocycles. The first-order valence-electron chi connectivity index (χ1n) is 40.9. The summed E-state index contributed by atoms with van der Waals surface area (Å²) >= 11 is 7.92. The smallest absolute Gasteiger partial charge is 0.164 e. The third kappa shape index (κ3) is 18.4. The molecule has 0 amide bonds. The molecule has 10 aromatic rings. The molecule has 2 heterocycles. The molecule has 0 radical (unpaired) electrons. The maximum atomic E-state index is 5.46. The molecule has 0 spiro atoms. The summed E-state index contributed by atoms with van der Waals surface area (Å²) < 4.78 is 2.31. The summed E-state index contributed by atoms with van der Waals surface area (Å²) in [7, 11) is 0. The highest BCUT2D eigenvalue weighted by Crippen LogP contribution is 2.57. The van der Waals surface area contributed by atoms with Crippen molar-refractivity contribution < 1.29 is 0 Å². The summed E-state index contributed by atoms with van der Waals surface area (Å²) in [4.78, 5) is 32.4. The number of benzene rings is 8. The molecule has 0 unspecified atom stereocenters. The molecule has 542 valence electrons. The number of rotatable bonds is 41. The number of hydrogen-bond donors (Lipinski definition) is 0. The fourth-order valence-corrected chi connectivity index (χ4v) is 17.6. The van der Waals surface area contributed by atoms with Crippen LogP contribution in [0.1, 0.15) is 280 Å². The van der Waals surface area contributed by atoms with E-state index in [1.165, 1.54) is 210 Å². The second-order valence-electron chi connectivity index (χ2n) is 30.5. The zero-order valence-corrected chi connectivity index (χ0v) is 66.8. The van der Waals surface area contributed by atoms with Crippen molar-refractivity contribution in [1.29, 1.82) is 0 Å². The van der Waals surface area contributed by atoms with E-state index in [-0.39, 0.29) is 10.8 Å². The largest absolute Gasteiger partial charge is 0.208 e. The number of unbranched alkanes of at least 4 members (excludes halogenated alkanes) is 22. The topological polar surface area (TPSA) is 77.3 Å². The van der Waals surface area contributed by atoms with Crippen molar-refractivity contribution in [3.63, 3.8) is 0 Å². The molecule has 2 aliphatic rings. The van der Waals surface area contributed by atoms with Crippen LogP contribution in [0.4, 0.5) is 0 Å². The predicted molar refractivity (Wildman–Crippen MR) is 448 cm³/mol.